The zero-order valence-corrected chi connectivity index (χ0v) is 17.1. The summed E-state index contributed by atoms with van der Waals surface area (Å²) in [6.07, 6.45) is -7.54. The fourth-order valence-corrected chi connectivity index (χ4v) is 3.74. The van der Waals surface area contributed by atoms with Crippen molar-refractivity contribution in [3.63, 3.8) is 0 Å². The molecule has 0 unspecified atom stereocenters. The van der Waals surface area contributed by atoms with Crippen LogP contribution in [-0.4, -0.2) is 25.1 Å². The fraction of sp³-hybridized carbons (Fsp3) is 0.409. The van der Waals surface area contributed by atoms with E-state index in [0.717, 1.165) is 0 Å². The average Bonchev–Trinajstić information content (AvgIpc) is 2.72. The smallest absolute Gasteiger partial charge is 0.416 e. The quantitative estimate of drug-likeness (QED) is 0.548. The van der Waals surface area contributed by atoms with Crippen molar-refractivity contribution < 1.29 is 35.9 Å². The molecule has 0 saturated heterocycles. The normalized spacial score (nSPS) is 19.3. The summed E-state index contributed by atoms with van der Waals surface area (Å²) in [6.45, 7) is 0. The number of amides is 1. The molecule has 1 fully saturated rings. The third kappa shape index (κ3) is 6.08. The molecule has 4 nitrogen and oxygen atoms in total. The summed E-state index contributed by atoms with van der Waals surface area (Å²) in [5.74, 6) is 0.291. The standard InChI is InChI=1S/C22H22F6N2O2/c1-32-19-7-5-13(6-8-19)20(31)30-17-4-2-3-16(12-17)29-18-10-14(21(23,24)25)9-15(11-18)22(26,27)28/h5-11,16-17,29H,2-4,12H2,1H3,(H,30,31)/t16-,17+/m1/s1. The molecule has 1 aliphatic rings. The first-order valence-corrected chi connectivity index (χ1v) is 9.96. The predicted octanol–water partition coefficient (Wildman–Crippen LogP) is 5.89. The van der Waals surface area contributed by atoms with Crippen LogP contribution in [0.5, 0.6) is 5.75 Å². The molecule has 32 heavy (non-hydrogen) atoms. The van der Waals surface area contributed by atoms with E-state index in [-0.39, 0.29) is 29.7 Å². The second-order valence-electron chi connectivity index (χ2n) is 7.70. The molecule has 174 valence electrons. The Hall–Kier alpha value is -2.91. The first-order valence-electron chi connectivity index (χ1n) is 9.96. The number of ether oxygens (including phenoxy) is 1. The number of halogens is 6. The Labute approximate surface area is 181 Å². The van der Waals surface area contributed by atoms with Crippen molar-refractivity contribution in [1.82, 2.24) is 5.32 Å². The van der Waals surface area contributed by atoms with Crippen molar-refractivity contribution in [1.29, 1.82) is 0 Å². The maximum atomic E-state index is 13.1. The minimum Gasteiger partial charge on any atom is -0.497 e. The van der Waals surface area contributed by atoms with E-state index in [1.807, 2.05) is 0 Å². The zero-order chi connectivity index (χ0) is 23.5. The van der Waals surface area contributed by atoms with Gasteiger partial charge in [0.2, 0.25) is 0 Å². The van der Waals surface area contributed by atoms with Crippen molar-refractivity contribution in [3.8, 4) is 5.75 Å². The van der Waals surface area contributed by atoms with Gasteiger partial charge in [0.1, 0.15) is 5.75 Å². The number of rotatable bonds is 5. The number of benzene rings is 2. The highest BCUT2D eigenvalue weighted by molar-refractivity contribution is 5.94. The van der Waals surface area contributed by atoms with Crippen LogP contribution in [-0.2, 0) is 12.4 Å². The molecule has 1 aliphatic carbocycles. The Morgan fingerprint density at radius 2 is 1.47 bits per heavy atom. The average molecular weight is 460 g/mol. The minimum atomic E-state index is -4.90. The molecule has 0 radical (unpaired) electrons. The summed E-state index contributed by atoms with van der Waals surface area (Å²) >= 11 is 0. The Kier molecular flexibility index (Phi) is 6.90. The molecular formula is C22H22F6N2O2. The number of carbonyl (C=O) groups is 1. The SMILES string of the molecule is COc1ccc(C(=O)N[C@H]2CCC[C@@H](Nc3cc(C(F)(F)F)cc(C(F)(F)F)c3)C2)cc1. The van der Waals surface area contributed by atoms with Gasteiger partial charge >= 0.3 is 12.4 Å². The van der Waals surface area contributed by atoms with Crippen molar-refractivity contribution in [2.45, 2.75) is 50.1 Å². The lowest BCUT2D eigenvalue weighted by molar-refractivity contribution is -0.143. The van der Waals surface area contributed by atoms with E-state index >= 15 is 0 Å². The number of anilines is 1. The molecule has 2 aromatic carbocycles. The van der Waals surface area contributed by atoms with Gasteiger partial charge in [-0.05, 0) is 68.1 Å². The van der Waals surface area contributed by atoms with E-state index < -0.39 is 23.5 Å². The fourth-order valence-electron chi connectivity index (χ4n) is 3.74. The lowest BCUT2D eigenvalue weighted by atomic mass is 9.90. The molecule has 1 amide bonds. The van der Waals surface area contributed by atoms with E-state index in [4.69, 9.17) is 4.74 Å². The Bertz CT molecular complexity index is 909. The van der Waals surface area contributed by atoms with Crippen LogP contribution in [0.15, 0.2) is 42.5 Å². The van der Waals surface area contributed by atoms with Gasteiger partial charge in [-0.3, -0.25) is 4.79 Å². The summed E-state index contributed by atoms with van der Waals surface area (Å²) in [6, 6.07) is 7.31. The van der Waals surface area contributed by atoms with Gasteiger partial charge in [0.25, 0.3) is 5.91 Å². The largest absolute Gasteiger partial charge is 0.497 e. The summed E-state index contributed by atoms with van der Waals surface area (Å²) in [5.41, 5.74) is -2.56. The van der Waals surface area contributed by atoms with Crippen LogP contribution >= 0.6 is 0 Å². The van der Waals surface area contributed by atoms with E-state index in [0.29, 0.717) is 49.1 Å². The highest BCUT2D eigenvalue weighted by atomic mass is 19.4. The monoisotopic (exact) mass is 460 g/mol. The van der Waals surface area contributed by atoms with Gasteiger partial charge in [-0.25, -0.2) is 0 Å². The van der Waals surface area contributed by atoms with Crippen LogP contribution < -0.4 is 15.4 Å². The summed E-state index contributed by atoms with van der Waals surface area (Å²) in [7, 11) is 1.51. The van der Waals surface area contributed by atoms with Crippen LogP contribution in [0.4, 0.5) is 32.0 Å². The van der Waals surface area contributed by atoms with Crippen molar-refractivity contribution in [2.75, 3.05) is 12.4 Å². The Morgan fingerprint density at radius 3 is 2.00 bits per heavy atom. The van der Waals surface area contributed by atoms with Crippen molar-refractivity contribution in [2.24, 2.45) is 0 Å². The zero-order valence-electron chi connectivity index (χ0n) is 17.1. The van der Waals surface area contributed by atoms with Crippen LogP contribution in [0, 0.1) is 0 Å². The van der Waals surface area contributed by atoms with Crippen LogP contribution in [0.1, 0.15) is 47.2 Å². The second-order valence-corrected chi connectivity index (χ2v) is 7.70. The first-order chi connectivity index (χ1) is 15.0. The molecule has 1 saturated carbocycles. The first kappa shape index (κ1) is 23.7. The number of methoxy groups -OCH3 is 1. The summed E-state index contributed by atoms with van der Waals surface area (Å²) in [5, 5.41) is 5.68. The number of alkyl halides is 6. The van der Waals surface area contributed by atoms with E-state index in [1.54, 1.807) is 24.3 Å². The van der Waals surface area contributed by atoms with Gasteiger partial charge in [-0.2, -0.15) is 26.3 Å². The van der Waals surface area contributed by atoms with E-state index in [1.165, 1.54) is 7.11 Å². The topological polar surface area (TPSA) is 50.4 Å². The molecule has 0 aliphatic heterocycles. The highest BCUT2D eigenvalue weighted by Gasteiger charge is 2.37. The van der Waals surface area contributed by atoms with E-state index in [2.05, 4.69) is 10.6 Å². The molecular weight excluding hydrogens is 438 g/mol. The Morgan fingerprint density at radius 1 is 0.906 bits per heavy atom. The summed E-state index contributed by atoms with van der Waals surface area (Å²) in [4.78, 5) is 12.5. The minimum absolute atomic E-state index is 0.101. The lowest BCUT2D eigenvalue weighted by Gasteiger charge is -2.31. The van der Waals surface area contributed by atoms with Crippen LogP contribution in [0.25, 0.3) is 0 Å². The highest BCUT2D eigenvalue weighted by Crippen LogP contribution is 2.38. The third-order valence-electron chi connectivity index (χ3n) is 5.32. The maximum Gasteiger partial charge on any atom is 0.416 e. The number of nitrogens with one attached hydrogen (secondary N) is 2. The predicted molar refractivity (Wildman–Crippen MR) is 107 cm³/mol. The molecule has 2 atom stereocenters. The van der Waals surface area contributed by atoms with Gasteiger partial charge in [0, 0.05) is 23.3 Å². The van der Waals surface area contributed by atoms with Gasteiger partial charge in [0.15, 0.2) is 0 Å². The maximum absolute atomic E-state index is 13.1. The van der Waals surface area contributed by atoms with Crippen LogP contribution in [0.3, 0.4) is 0 Å². The third-order valence-corrected chi connectivity index (χ3v) is 5.32. The Balaban J connectivity index is 1.69. The van der Waals surface area contributed by atoms with Crippen LogP contribution in [0.2, 0.25) is 0 Å². The van der Waals surface area contributed by atoms with Crippen molar-refractivity contribution >= 4 is 11.6 Å². The van der Waals surface area contributed by atoms with Gasteiger partial charge in [-0.1, -0.05) is 0 Å². The molecule has 3 rings (SSSR count). The number of hydrogen-bond donors (Lipinski definition) is 2. The van der Waals surface area contributed by atoms with Gasteiger partial charge in [-0.15, -0.1) is 0 Å². The van der Waals surface area contributed by atoms with Crippen molar-refractivity contribution in [3.05, 3.63) is 59.2 Å². The number of carbonyl (C=O) groups excluding carboxylic acids is 1. The second kappa shape index (κ2) is 9.30. The molecule has 2 N–H and O–H groups in total. The molecule has 2 aromatic rings. The summed E-state index contributed by atoms with van der Waals surface area (Å²) < 4.78 is 83.5. The molecule has 0 aromatic heterocycles. The van der Waals surface area contributed by atoms with E-state index in [9.17, 15) is 31.1 Å². The molecule has 0 spiro atoms. The lowest BCUT2D eigenvalue weighted by Crippen LogP contribution is -2.41. The van der Waals surface area contributed by atoms with Gasteiger partial charge in [0.05, 0.1) is 18.2 Å². The molecule has 0 bridgehead atoms. The van der Waals surface area contributed by atoms with Gasteiger partial charge < -0.3 is 15.4 Å². The molecule has 0 heterocycles. The molecule has 10 heteroatoms. The number of hydrogen-bond acceptors (Lipinski definition) is 3.